The molecule has 1 aromatic rings. The number of nitrogens with one attached hydrogen (secondary N) is 1. The van der Waals surface area contributed by atoms with E-state index < -0.39 is 0 Å². The maximum Gasteiger partial charge on any atom is 0.0522 e. The average molecular weight is 203 g/mol. The maximum absolute atomic E-state index is 5.22. The molecule has 15 heavy (non-hydrogen) atoms. The van der Waals surface area contributed by atoms with Gasteiger partial charge < -0.3 is 5.32 Å². The summed E-state index contributed by atoms with van der Waals surface area (Å²) in [6.45, 7) is 1.86. The van der Waals surface area contributed by atoms with Crippen LogP contribution in [0.1, 0.15) is 31.4 Å². The molecule has 0 bridgehead atoms. The molecule has 80 valence electrons. The lowest BCUT2D eigenvalue weighted by Crippen LogP contribution is -2.18. The molecule has 0 atom stereocenters. The second-order valence-corrected chi connectivity index (χ2v) is 4.01. The summed E-state index contributed by atoms with van der Waals surface area (Å²) in [5.74, 6) is 2.65. The Morgan fingerprint density at radius 3 is 3.20 bits per heavy atom. The van der Waals surface area contributed by atoms with Gasteiger partial charge in [-0.15, -0.1) is 12.3 Å². The number of hydrogen-bond donors (Lipinski definition) is 1. The van der Waals surface area contributed by atoms with Crippen molar-refractivity contribution in [3.63, 3.8) is 0 Å². The monoisotopic (exact) mass is 203 g/mol. The van der Waals surface area contributed by atoms with Crippen LogP contribution >= 0.6 is 0 Å². The number of terminal acetylenes is 1. The highest BCUT2D eigenvalue weighted by Crippen LogP contribution is 2.19. The van der Waals surface area contributed by atoms with Gasteiger partial charge in [0.15, 0.2) is 0 Å². The number of nitrogens with zero attached hydrogens (tertiary/aromatic N) is 2. The van der Waals surface area contributed by atoms with Crippen molar-refractivity contribution in [1.82, 2.24) is 15.1 Å². The molecule has 0 aliphatic heterocycles. The molecule has 1 aliphatic carbocycles. The Labute approximate surface area is 90.9 Å². The van der Waals surface area contributed by atoms with E-state index in [0.29, 0.717) is 0 Å². The van der Waals surface area contributed by atoms with E-state index in [4.69, 9.17) is 6.42 Å². The maximum atomic E-state index is 5.22. The van der Waals surface area contributed by atoms with E-state index in [1.165, 1.54) is 18.5 Å². The van der Waals surface area contributed by atoms with Crippen molar-refractivity contribution in [2.45, 2.75) is 44.8 Å². The molecular formula is C12H17N3. The Balaban J connectivity index is 1.81. The van der Waals surface area contributed by atoms with Gasteiger partial charge in [0.25, 0.3) is 0 Å². The standard InChI is InChI=1S/C12H17N3/c1-2-3-4-9-15-12(7-8-14-15)10-13-11-5-6-11/h1,7-8,11,13H,3-6,9-10H2. The minimum atomic E-state index is 0.749. The first-order chi connectivity index (χ1) is 7.40. The normalized spacial score (nSPS) is 15.1. The van der Waals surface area contributed by atoms with E-state index in [9.17, 15) is 0 Å². The van der Waals surface area contributed by atoms with Crippen molar-refractivity contribution >= 4 is 0 Å². The number of aromatic nitrogens is 2. The zero-order valence-electron chi connectivity index (χ0n) is 8.95. The van der Waals surface area contributed by atoms with Gasteiger partial charge in [-0.2, -0.15) is 5.10 Å². The number of unbranched alkanes of at least 4 members (excludes halogenated alkanes) is 1. The fourth-order valence-electron chi connectivity index (χ4n) is 1.58. The van der Waals surface area contributed by atoms with Gasteiger partial charge in [0, 0.05) is 31.7 Å². The van der Waals surface area contributed by atoms with Gasteiger partial charge in [0.05, 0.1) is 5.69 Å². The third-order valence-electron chi connectivity index (χ3n) is 2.64. The van der Waals surface area contributed by atoms with Crippen LogP contribution in [-0.4, -0.2) is 15.8 Å². The smallest absolute Gasteiger partial charge is 0.0522 e. The first kappa shape index (κ1) is 10.3. The van der Waals surface area contributed by atoms with Crippen molar-refractivity contribution < 1.29 is 0 Å². The number of rotatable bonds is 6. The molecule has 0 saturated heterocycles. The van der Waals surface area contributed by atoms with Crippen molar-refractivity contribution in [1.29, 1.82) is 0 Å². The van der Waals surface area contributed by atoms with E-state index in [1.807, 2.05) is 10.9 Å². The highest BCUT2D eigenvalue weighted by atomic mass is 15.3. The van der Waals surface area contributed by atoms with Crippen molar-refractivity contribution in [2.24, 2.45) is 0 Å². The van der Waals surface area contributed by atoms with Crippen LogP contribution in [0.4, 0.5) is 0 Å². The van der Waals surface area contributed by atoms with Crippen LogP contribution in [0.25, 0.3) is 0 Å². The minimum absolute atomic E-state index is 0.749. The number of aryl methyl sites for hydroxylation is 1. The summed E-state index contributed by atoms with van der Waals surface area (Å²) in [4.78, 5) is 0. The molecule has 1 aromatic heterocycles. The SMILES string of the molecule is C#CCCCn1nccc1CNC1CC1. The number of hydrogen-bond acceptors (Lipinski definition) is 2. The Hall–Kier alpha value is -1.27. The molecule has 1 saturated carbocycles. The Morgan fingerprint density at radius 2 is 2.47 bits per heavy atom. The van der Waals surface area contributed by atoms with Gasteiger partial charge in [-0.05, 0) is 25.3 Å². The van der Waals surface area contributed by atoms with E-state index >= 15 is 0 Å². The first-order valence-electron chi connectivity index (χ1n) is 5.57. The predicted octanol–water partition coefficient (Wildman–Crippen LogP) is 1.55. The van der Waals surface area contributed by atoms with E-state index in [-0.39, 0.29) is 0 Å². The fraction of sp³-hybridized carbons (Fsp3) is 0.583. The summed E-state index contributed by atoms with van der Waals surface area (Å²) in [6, 6.07) is 2.82. The zero-order valence-corrected chi connectivity index (χ0v) is 8.95. The van der Waals surface area contributed by atoms with Gasteiger partial charge in [-0.25, -0.2) is 0 Å². The molecule has 0 spiro atoms. The van der Waals surface area contributed by atoms with Crippen LogP contribution in [0, 0.1) is 12.3 Å². The average Bonchev–Trinajstić information content (AvgIpc) is 2.97. The van der Waals surface area contributed by atoms with E-state index in [0.717, 1.165) is 32.0 Å². The van der Waals surface area contributed by atoms with Gasteiger partial charge in [-0.3, -0.25) is 4.68 Å². The second-order valence-electron chi connectivity index (χ2n) is 4.01. The second kappa shape index (κ2) is 4.99. The molecule has 3 heteroatoms. The fourth-order valence-corrected chi connectivity index (χ4v) is 1.58. The summed E-state index contributed by atoms with van der Waals surface area (Å²) < 4.78 is 2.05. The quantitative estimate of drug-likeness (QED) is 0.561. The summed E-state index contributed by atoms with van der Waals surface area (Å²) in [7, 11) is 0. The van der Waals surface area contributed by atoms with Crippen molar-refractivity contribution in [2.75, 3.05) is 0 Å². The minimum Gasteiger partial charge on any atom is -0.308 e. The van der Waals surface area contributed by atoms with Gasteiger partial charge in [-0.1, -0.05) is 0 Å². The van der Waals surface area contributed by atoms with Gasteiger partial charge >= 0.3 is 0 Å². The molecule has 0 radical (unpaired) electrons. The Bertz CT molecular complexity index is 344. The lowest BCUT2D eigenvalue weighted by Gasteiger charge is -2.07. The molecule has 0 amide bonds. The summed E-state index contributed by atoms with van der Waals surface area (Å²) in [5.41, 5.74) is 1.26. The molecule has 0 aromatic carbocycles. The molecule has 0 unspecified atom stereocenters. The third kappa shape index (κ3) is 3.10. The molecule has 3 nitrogen and oxygen atoms in total. The van der Waals surface area contributed by atoms with Crippen LogP contribution < -0.4 is 5.32 Å². The van der Waals surface area contributed by atoms with Crippen LogP contribution in [0.2, 0.25) is 0 Å². The van der Waals surface area contributed by atoms with Crippen LogP contribution in [0.5, 0.6) is 0 Å². The highest BCUT2D eigenvalue weighted by molar-refractivity contribution is 5.01. The lowest BCUT2D eigenvalue weighted by molar-refractivity contribution is 0.539. The lowest BCUT2D eigenvalue weighted by atomic mass is 10.3. The zero-order chi connectivity index (χ0) is 10.5. The molecule has 2 rings (SSSR count). The Morgan fingerprint density at radius 1 is 1.60 bits per heavy atom. The Kier molecular flexibility index (Phi) is 3.41. The molecule has 1 fully saturated rings. The predicted molar refractivity (Wildman–Crippen MR) is 60.2 cm³/mol. The van der Waals surface area contributed by atoms with Crippen molar-refractivity contribution in [3.05, 3.63) is 18.0 Å². The summed E-state index contributed by atoms with van der Waals surface area (Å²) in [5, 5.41) is 7.78. The van der Waals surface area contributed by atoms with E-state index in [1.54, 1.807) is 0 Å². The van der Waals surface area contributed by atoms with Crippen LogP contribution in [-0.2, 0) is 13.1 Å². The van der Waals surface area contributed by atoms with Crippen molar-refractivity contribution in [3.8, 4) is 12.3 Å². The summed E-state index contributed by atoms with van der Waals surface area (Å²) >= 11 is 0. The topological polar surface area (TPSA) is 29.9 Å². The van der Waals surface area contributed by atoms with Gasteiger partial charge in [0.2, 0.25) is 0 Å². The first-order valence-corrected chi connectivity index (χ1v) is 5.57. The van der Waals surface area contributed by atoms with E-state index in [2.05, 4.69) is 22.4 Å². The van der Waals surface area contributed by atoms with Crippen LogP contribution in [0.3, 0.4) is 0 Å². The molecular weight excluding hydrogens is 186 g/mol. The van der Waals surface area contributed by atoms with Gasteiger partial charge in [0.1, 0.15) is 0 Å². The molecule has 1 N–H and O–H groups in total. The highest BCUT2D eigenvalue weighted by Gasteiger charge is 2.20. The molecule has 1 aliphatic rings. The largest absolute Gasteiger partial charge is 0.308 e. The van der Waals surface area contributed by atoms with Crippen LogP contribution in [0.15, 0.2) is 12.3 Å². The summed E-state index contributed by atoms with van der Waals surface area (Å²) in [6.07, 6.45) is 11.6. The third-order valence-corrected chi connectivity index (χ3v) is 2.64. The molecule has 1 heterocycles.